The Hall–Kier alpha value is -4.45. The number of carboxylic acids is 1. The average molecular weight is 735 g/mol. The number of unbranched alkanes of at least 4 members (excludes halogenated alkanes) is 1. The van der Waals surface area contributed by atoms with E-state index in [2.05, 4.69) is 37.5 Å². The Morgan fingerprint density at radius 2 is 2.00 bits per heavy atom. The van der Waals surface area contributed by atoms with Crippen molar-refractivity contribution in [2.24, 2.45) is 5.92 Å². The van der Waals surface area contributed by atoms with Crippen LogP contribution in [-0.4, -0.2) is 84.7 Å². The molecule has 47 heavy (non-hydrogen) atoms. The molecular formula is C30H32BrN5O10S. The lowest BCUT2D eigenvalue weighted by atomic mass is 9.94. The van der Waals surface area contributed by atoms with E-state index in [1.165, 1.54) is 30.3 Å². The van der Waals surface area contributed by atoms with E-state index in [9.17, 15) is 38.0 Å². The molecule has 4 rings (SSSR count). The fraction of sp³-hybridized carbons (Fsp3) is 0.333. The van der Waals surface area contributed by atoms with Gasteiger partial charge in [-0.2, -0.15) is 4.72 Å². The van der Waals surface area contributed by atoms with Gasteiger partial charge in [-0.25, -0.2) is 18.2 Å². The Morgan fingerprint density at radius 1 is 1.26 bits per heavy atom. The Morgan fingerprint density at radius 3 is 2.68 bits per heavy atom. The molecule has 0 radical (unpaired) electrons. The number of halogens is 1. The van der Waals surface area contributed by atoms with E-state index in [-0.39, 0.29) is 25.5 Å². The van der Waals surface area contributed by atoms with E-state index in [1.807, 2.05) is 0 Å². The highest BCUT2D eigenvalue weighted by molar-refractivity contribution is 9.10. The molecule has 2 heterocycles. The number of allylic oxidation sites excluding steroid dienone is 1. The topological polar surface area (TPSA) is 207 Å². The van der Waals surface area contributed by atoms with Gasteiger partial charge in [0.1, 0.15) is 12.1 Å². The number of alkyl carbamates (subject to hydrolysis) is 1. The minimum atomic E-state index is -4.83. The maximum absolute atomic E-state index is 14.2. The van der Waals surface area contributed by atoms with Gasteiger partial charge in [0.25, 0.3) is 5.69 Å². The summed E-state index contributed by atoms with van der Waals surface area (Å²) in [4.78, 5) is 54.8. The number of ether oxygens (including phenoxy) is 2. The summed E-state index contributed by atoms with van der Waals surface area (Å²) in [7, 11) is -3.31. The first-order chi connectivity index (χ1) is 22.3. The van der Waals surface area contributed by atoms with Crippen molar-refractivity contribution in [3.05, 3.63) is 82.0 Å². The molecule has 1 aromatic heterocycles. The molecule has 15 nitrogen and oxygen atoms in total. The first-order valence-corrected chi connectivity index (χ1v) is 16.6. The van der Waals surface area contributed by atoms with Crippen LogP contribution < -0.4 is 14.8 Å². The summed E-state index contributed by atoms with van der Waals surface area (Å²) >= 11 is 3.38. The number of nitro benzene ring substituents is 1. The van der Waals surface area contributed by atoms with Crippen LogP contribution in [0.2, 0.25) is 0 Å². The molecule has 4 unspecified atom stereocenters. The number of aliphatic carboxylic acids is 1. The molecule has 3 N–H and O–H groups in total. The monoisotopic (exact) mass is 733 g/mol. The smallest absolute Gasteiger partial charge is 0.407 e. The van der Waals surface area contributed by atoms with Gasteiger partial charge in [0, 0.05) is 34.6 Å². The van der Waals surface area contributed by atoms with Gasteiger partial charge >= 0.3 is 12.1 Å². The van der Waals surface area contributed by atoms with Crippen LogP contribution in [0.5, 0.6) is 5.88 Å². The zero-order valence-electron chi connectivity index (χ0n) is 25.1. The summed E-state index contributed by atoms with van der Waals surface area (Å²) in [6.07, 6.45) is 0.799. The third-order valence-corrected chi connectivity index (χ3v) is 9.42. The number of likely N-dealkylation sites (tertiary alicyclic amines) is 1. The van der Waals surface area contributed by atoms with Crippen molar-refractivity contribution in [1.82, 2.24) is 19.9 Å². The van der Waals surface area contributed by atoms with Crippen LogP contribution in [0, 0.1) is 16.0 Å². The highest BCUT2D eigenvalue weighted by Gasteiger charge is 2.45. The number of fused-ring (bicyclic) bond motifs is 1. The van der Waals surface area contributed by atoms with Gasteiger partial charge < -0.3 is 19.9 Å². The number of para-hydroxylation sites is 1. The number of ketones is 1. The lowest BCUT2D eigenvalue weighted by molar-refractivity contribution is -0.387. The third-order valence-electron chi connectivity index (χ3n) is 7.46. The number of nitrogens with zero attached hydrogens (tertiary/aromatic N) is 3. The van der Waals surface area contributed by atoms with Crippen molar-refractivity contribution in [1.29, 1.82) is 0 Å². The molecule has 250 valence electrons. The lowest BCUT2D eigenvalue weighted by Crippen LogP contribution is -2.59. The Balaban J connectivity index is 1.81. The van der Waals surface area contributed by atoms with E-state index in [1.54, 1.807) is 30.3 Å². The molecule has 0 spiro atoms. The first kappa shape index (κ1) is 35.4. The summed E-state index contributed by atoms with van der Waals surface area (Å²) in [5.74, 6) is -3.04. The average Bonchev–Trinajstić information content (AvgIpc) is 3.43. The van der Waals surface area contributed by atoms with E-state index < -0.39 is 67.6 Å². The molecule has 0 aliphatic carbocycles. The van der Waals surface area contributed by atoms with Crippen molar-refractivity contribution in [3.63, 3.8) is 0 Å². The number of likely N-dealkylation sites (N-methyl/N-ethyl adjacent to an activating group) is 1. The largest absolute Gasteiger partial charge is 0.480 e. The van der Waals surface area contributed by atoms with Gasteiger partial charge in [-0.1, -0.05) is 40.2 Å². The molecule has 0 saturated carbocycles. The van der Waals surface area contributed by atoms with E-state index >= 15 is 0 Å². The van der Waals surface area contributed by atoms with Gasteiger partial charge in [-0.15, -0.1) is 6.58 Å². The first-order valence-electron chi connectivity index (χ1n) is 14.3. The molecule has 1 aliphatic rings. The molecule has 4 atom stereocenters. The van der Waals surface area contributed by atoms with Crippen molar-refractivity contribution in [2.75, 3.05) is 20.2 Å². The molecular weight excluding hydrogens is 702 g/mol. The minimum absolute atomic E-state index is 0.0224. The number of pyridine rings is 1. The number of Topliss-reactive ketones (excluding diaryl/α,β-unsaturated/α-hetero) is 1. The SMILES string of the molecule is C=CCCCOC(=O)NC(C(=O)C1CC(C(=O)O)N(C)C1)C(NS(=O)(=O)c1ccccc1[N+](=O)[O-])Oc1nccc2ccc(Br)cc12. The molecule has 0 bridgehead atoms. The van der Waals surface area contributed by atoms with Crippen LogP contribution >= 0.6 is 15.9 Å². The number of nitro groups is 1. The molecule has 1 aliphatic heterocycles. The maximum Gasteiger partial charge on any atom is 0.407 e. The zero-order chi connectivity index (χ0) is 34.3. The highest BCUT2D eigenvalue weighted by Crippen LogP contribution is 2.30. The lowest BCUT2D eigenvalue weighted by Gasteiger charge is -2.29. The number of sulfonamides is 1. The number of nitrogens with one attached hydrogen (secondary N) is 2. The molecule has 1 fully saturated rings. The number of rotatable bonds is 15. The predicted octanol–water partition coefficient (Wildman–Crippen LogP) is 3.62. The molecule has 1 saturated heterocycles. The van der Waals surface area contributed by atoms with E-state index in [4.69, 9.17) is 9.47 Å². The summed E-state index contributed by atoms with van der Waals surface area (Å²) in [5, 5.41) is 24.8. The van der Waals surface area contributed by atoms with Gasteiger partial charge in [0.2, 0.25) is 15.9 Å². The second kappa shape index (κ2) is 15.4. The molecule has 3 aromatic rings. The summed E-state index contributed by atoms with van der Waals surface area (Å²) in [5.41, 5.74) is -0.745. The minimum Gasteiger partial charge on any atom is -0.480 e. The van der Waals surface area contributed by atoms with Crippen molar-refractivity contribution in [3.8, 4) is 5.88 Å². The van der Waals surface area contributed by atoms with Gasteiger partial charge in [-0.05, 0) is 56.0 Å². The van der Waals surface area contributed by atoms with Crippen molar-refractivity contribution < 1.29 is 42.3 Å². The van der Waals surface area contributed by atoms with E-state index in [0.717, 1.165) is 12.1 Å². The number of carbonyl (C=O) groups excluding carboxylic acids is 2. The second-order valence-electron chi connectivity index (χ2n) is 10.7. The van der Waals surface area contributed by atoms with Gasteiger partial charge in [0.15, 0.2) is 16.9 Å². The van der Waals surface area contributed by atoms with Crippen LogP contribution in [0.15, 0.2) is 76.8 Å². The molecule has 2 aromatic carbocycles. The molecule has 1 amide bonds. The maximum atomic E-state index is 14.2. The van der Waals surface area contributed by atoms with Crippen LogP contribution in [0.1, 0.15) is 19.3 Å². The number of aromatic nitrogens is 1. The summed E-state index contributed by atoms with van der Waals surface area (Å²) in [6, 6.07) is 8.55. The predicted molar refractivity (Wildman–Crippen MR) is 172 cm³/mol. The Kier molecular flexibility index (Phi) is 11.6. The zero-order valence-corrected chi connectivity index (χ0v) is 27.5. The van der Waals surface area contributed by atoms with E-state index in [0.29, 0.717) is 28.1 Å². The number of amides is 1. The van der Waals surface area contributed by atoms with Crippen LogP contribution in [0.25, 0.3) is 10.8 Å². The Labute approximate surface area is 278 Å². The normalized spacial score (nSPS) is 17.8. The number of hydrogen-bond acceptors (Lipinski definition) is 11. The van der Waals surface area contributed by atoms with Crippen LogP contribution in [0.4, 0.5) is 10.5 Å². The quantitative estimate of drug-likeness (QED) is 0.0673. The molecule has 17 heteroatoms. The fourth-order valence-corrected chi connectivity index (χ4v) is 6.80. The fourth-order valence-electron chi connectivity index (χ4n) is 5.15. The van der Waals surface area contributed by atoms with Crippen LogP contribution in [0.3, 0.4) is 0 Å². The number of carbonyl (C=O) groups is 3. The standard InChI is InChI=1S/C30H32BrN5O10S/c1-3-4-7-14-45-30(40)33-25(26(37)19-15-23(29(38)39)35(2)17-19)28(34-47(43,44)24-9-6-5-8-22(24)36(41)42)46-27-21-16-20(31)11-10-18(21)12-13-32-27/h3,5-6,8-13,16,19,23,25,28,34H,1,4,7,14-15,17H2,2H3,(H,33,40)(H,38,39). The number of benzene rings is 2. The highest BCUT2D eigenvalue weighted by atomic mass is 79.9. The summed E-state index contributed by atoms with van der Waals surface area (Å²) in [6.45, 7) is 3.52. The second-order valence-corrected chi connectivity index (χ2v) is 13.3. The van der Waals surface area contributed by atoms with Crippen molar-refractivity contribution >= 4 is 60.3 Å². The number of hydrogen-bond donors (Lipinski definition) is 3. The van der Waals surface area contributed by atoms with Gasteiger partial charge in [0.05, 0.1) is 11.5 Å². The van der Waals surface area contributed by atoms with Crippen LogP contribution in [-0.2, 0) is 24.3 Å². The third kappa shape index (κ3) is 8.68. The van der Waals surface area contributed by atoms with Crippen molar-refractivity contribution in [2.45, 2.75) is 42.5 Å². The van der Waals surface area contributed by atoms with Gasteiger partial charge in [-0.3, -0.25) is 24.6 Å². The Bertz CT molecular complexity index is 1790. The summed E-state index contributed by atoms with van der Waals surface area (Å²) < 4.78 is 41.7. The number of carboxylic acid groups (broad SMARTS) is 1.